The molecule has 0 aromatic carbocycles. The molecule has 0 fully saturated rings. The van der Waals surface area contributed by atoms with E-state index in [-0.39, 0.29) is 5.54 Å². The Labute approximate surface area is 73.7 Å². The van der Waals surface area contributed by atoms with Crippen molar-refractivity contribution in [2.24, 2.45) is 11.5 Å². The molecule has 4 nitrogen and oxygen atoms in total. The molecule has 0 unspecified atom stereocenters. The van der Waals surface area contributed by atoms with Crippen LogP contribution in [0.1, 0.15) is 13.8 Å². The van der Waals surface area contributed by atoms with Crippen LogP contribution in [-0.4, -0.2) is 29.3 Å². The summed E-state index contributed by atoms with van der Waals surface area (Å²) < 4.78 is 31.7. The third kappa shape index (κ3) is 14.1. The summed E-state index contributed by atoms with van der Waals surface area (Å²) in [7, 11) is 0. The number of hydrogen-bond donors (Lipinski definition) is 3. The molecular formula is C6H13F3N2O2. The number of carbonyl (C=O) groups is 1. The van der Waals surface area contributed by atoms with E-state index in [4.69, 9.17) is 21.4 Å². The van der Waals surface area contributed by atoms with Gasteiger partial charge in [-0.25, -0.2) is 4.79 Å². The van der Waals surface area contributed by atoms with E-state index in [1.807, 2.05) is 13.8 Å². The monoisotopic (exact) mass is 202 g/mol. The molecule has 0 rings (SSSR count). The highest BCUT2D eigenvalue weighted by molar-refractivity contribution is 5.73. The summed E-state index contributed by atoms with van der Waals surface area (Å²) in [6.07, 6.45) is -5.08. The van der Waals surface area contributed by atoms with Crippen LogP contribution in [0.3, 0.4) is 0 Å². The first-order chi connectivity index (χ1) is 5.50. The zero-order valence-electron chi connectivity index (χ0n) is 7.35. The van der Waals surface area contributed by atoms with E-state index in [1.165, 1.54) is 0 Å². The van der Waals surface area contributed by atoms with Crippen molar-refractivity contribution in [1.29, 1.82) is 0 Å². The predicted molar refractivity (Wildman–Crippen MR) is 41.0 cm³/mol. The van der Waals surface area contributed by atoms with Gasteiger partial charge in [-0.3, -0.25) is 0 Å². The molecule has 0 saturated carbocycles. The van der Waals surface area contributed by atoms with E-state index in [2.05, 4.69) is 0 Å². The Kier molecular flexibility index (Phi) is 5.68. The average Bonchev–Trinajstić information content (AvgIpc) is 1.85. The van der Waals surface area contributed by atoms with Crippen molar-refractivity contribution in [2.45, 2.75) is 25.6 Å². The highest BCUT2D eigenvalue weighted by Gasteiger charge is 2.38. The predicted octanol–water partition coefficient (Wildman–Crippen LogP) is 0.316. The van der Waals surface area contributed by atoms with Crippen LogP contribution >= 0.6 is 0 Å². The third-order valence-electron chi connectivity index (χ3n) is 0.769. The molecule has 0 atom stereocenters. The lowest BCUT2D eigenvalue weighted by Crippen LogP contribution is -2.40. The van der Waals surface area contributed by atoms with Crippen molar-refractivity contribution in [1.82, 2.24) is 0 Å². The average molecular weight is 202 g/mol. The van der Waals surface area contributed by atoms with Gasteiger partial charge < -0.3 is 16.6 Å². The number of nitrogens with two attached hydrogens (primary N) is 2. The molecule has 0 radical (unpaired) electrons. The van der Waals surface area contributed by atoms with E-state index in [1.54, 1.807) is 0 Å². The molecule has 0 aliphatic rings. The summed E-state index contributed by atoms with van der Waals surface area (Å²) >= 11 is 0. The summed E-state index contributed by atoms with van der Waals surface area (Å²) in [6, 6.07) is 0. The molecular weight excluding hydrogens is 189 g/mol. The van der Waals surface area contributed by atoms with Gasteiger partial charge >= 0.3 is 12.1 Å². The van der Waals surface area contributed by atoms with Crippen LogP contribution < -0.4 is 11.5 Å². The minimum atomic E-state index is -5.08. The maximum Gasteiger partial charge on any atom is 0.490 e. The van der Waals surface area contributed by atoms with Gasteiger partial charge in [0.25, 0.3) is 0 Å². The third-order valence-corrected chi connectivity index (χ3v) is 0.769. The van der Waals surface area contributed by atoms with Crippen LogP contribution in [0.4, 0.5) is 13.2 Å². The van der Waals surface area contributed by atoms with Crippen molar-refractivity contribution in [3.63, 3.8) is 0 Å². The molecule has 0 aromatic heterocycles. The van der Waals surface area contributed by atoms with Gasteiger partial charge in [0.2, 0.25) is 0 Å². The van der Waals surface area contributed by atoms with Crippen molar-refractivity contribution >= 4 is 5.97 Å². The second-order valence-corrected chi connectivity index (χ2v) is 3.00. The topological polar surface area (TPSA) is 89.3 Å². The van der Waals surface area contributed by atoms with Crippen molar-refractivity contribution in [2.75, 3.05) is 6.54 Å². The van der Waals surface area contributed by atoms with Crippen molar-refractivity contribution in [3.05, 3.63) is 0 Å². The highest BCUT2D eigenvalue weighted by atomic mass is 19.4. The molecule has 0 bridgehead atoms. The lowest BCUT2D eigenvalue weighted by molar-refractivity contribution is -0.192. The molecule has 0 heterocycles. The Hall–Kier alpha value is -0.820. The van der Waals surface area contributed by atoms with E-state index in [0.717, 1.165) is 0 Å². The van der Waals surface area contributed by atoms with Gasteiger partial charge in [-0.15, -0.1) is 0 Å². The lowest BCUT2D eigenvalue weighted by atomic mass is 10.1. The normalized spacial score (nSPS) is 11.6. The van der Waals surface area contributed by atoms with Crippen molar-refractivity contribution in [3.8, 4) is 0 Å². The molecule has 0 spiro atoms. The van der Waals surface area contributed by atoms with E-state index in [9.17, 15) is 13.2 Å². The number of halogens is 3. The standard InChI is InChI=1S/C4H12N2.C2HF3O2/c1-4(2,6)3-5;3-2(4,5)1(6)7/h3,5-6H2,1-2H3;(H,6,7). The molecule has 0 aliphatic heterocycles. The van der Waals surface area contributed by atoms with Gasteiger partial charge in [-0.2, -0.15) is 13.2 Å². The Balaban J connectivity index is 0. The fraction of sp³-hybridized carbons (Fsp3) is 0.833. The van der Waals surface area contributed by atoms with E-state index in [0.29, 0.717) is 6.54 Å². The number of hydrogen-bond acceptors (Lipinski definition) is 3. The lowest BCUT2D eigenvalue weighted by Gasteiger charge is -2.13. The molecule has 7 heteroatoms. The fourth-order valence-electron chi connectivity index (χ4n) is 0. The highest BCUT2D eigenvalue weighted by Crippen LogP contribution is 2.13. The van der Waals surface area contributed by atoms with Crippen LogP contribution in [-0.2, 0) is 4.79 Å². The van der Waals surface area contributed by atoms with Gasteiger partial charge in [0, 0.05) is 12.1 Å². The molecule has 13 heavy (non-hydrogen) atoms. The maximum absolute atomic E-state index is 10.6. The first-order valence-electron chi connectivity index (χ1n) is 3.30. The number of alkyl halides is 3. The summed E-state index contributed by atoms with van der Waals surface area (Å²) in [5.74, 6) is -2.76. The number of carboxylic acid groups (broad SMARTS) is 1. The SMILES string of the molecule is CC(C)(N)CN.O=C(O)C(F)(F)F. The quantitative estimate of drug-likeness (QED) is 0.571. The van der Waals surface area contributed by atoms with Gasteiger partial charge in [0.05, 0.1) is 0 Å². The van der Waals surface area contributed by atoms with Crippen LogP contribution in [0.5, 0.6) is 0 Å². The van der Waals surface area contributed by atoms with Crippen LogP contribution in [0, 0.1) is 0 Å². The Morgan fingerprint density at radius 3 is 1.54 bits per heavy atom. The first-order valence-corrected chi connectivity index (χ1v) is 3.30. The van der Waals surface area contributed by atoms with Gasteiger partial charge in [0.15, 0.2) is 0 Å². The van der Waals surface area contributed by atoms with E-state index < -0.39 is 12.1 Å². The smallest absolute Gasteiger partial charge is 0.475 e. The molecule has 0 aliphatic carbocycles. The van der Waals surface area contributed by atoms with Crippen LogP contribution in [0.2, 0.25) is 0 Å². The Morgan fingerprint density at radius 2 is 1.54 bits per heavy atom. The maximum atomic E-state index is 10.6. The van der Waals surface area contributed by atoms with Gasteiger partial charge in [-0.1, -0.05) is 0 Å². The number of aliphatic carboxylic acids is 1. The summed E-state index contributed by atoms with van der Waals surface area (Å²) in [4.78, 5) is 8.90. The second kappa shape index (κ2) is 5.03. The molecule has 0 aromatic rings. The zero-order valence-corrected chi connectivity index (χ0v) is 7.35. The molecule has 0 amide bonds. The minimum absolute atomic E-state index is 0.181. The molecule has 80 valence electrons. The Morgan fingerprint density at radius 1 is 1.38 bits per heavy atom. The van der Waals surface area contributed by atoms with Crippen LogP contribution in [0.15, 0.2) is 0 Å². The Bertz CT molecular complexity index is 162. The molecule has 0 saturated heterocycles. The zero-order chi connectivity index (χ0) is 11.3. The van der Waals surface area contributed by atoms with Crippen molar-refractivity contribution < 1.29 is 23.1 Å². The van der Waals surface area contributed by atoms with E-state index >= 15 is 0 Å². The number of carboxylic acids is 1. The second-order valence-electron chi connectivity index (χ2n) is 3.00. The fourth-order valence-corrected chi connectivity index (χ4v) is 0. The first kappa shape index (κ1) is 14.7. The summed E-state index contributed by atoms with van der Waals surface area (Å²) in [5, 5.41) is 7.12. The summed E-state index contributed by atoms with van der Waals surface area (Å²) in [5.41, 5.74) is 10.4. The van der Waals surface area contributed by atoms with Gasteiger partial charge in [-0.05, 0) is 13.8 Å². The number of rotatable bonds is 1. The summed E-state index contributed by atoms with van der Waals surface area (Å²) in [6.45, 7) is 4.34. The molecule has 5 N–H and O–H groups in total. The van der Waals surface area contributed by atoms with Gasteiger partial charge in [0.1, 0.15) is 0 Å². The largest absolute Gasteiger partial charge is 0.490 e. The minimum Gasteiger partial charge on any atom is -0.475 e. The van der Waals surface area contributed by atoms with Crippen LogP contribution in [0.25, 0.3) is 0 Å².